The maximum atomic E-state index is 13.5. The van der Waals surface area contributed by atoms with E-state index in [4.69, 9.17) is 9.57 Å². The second kappa shape index (κ2) is 14.3. The van der Waals surface area contributed by atoms with Crippen molar-refractivity contribution in [1.82, 2.24) is 15.7 Å². The van der Waals surface area contributed by atoms with Crippen LogP contribution >= 0.6 is 0 Å². The zero-order chi connectivity index (χ0) is 30.3. The molecule has 0 spiro atoms. The van der Waals surface area contributed by atoms with Gasteiger partial charge in [-0.3, -0.25) is 0 Å². The molecule has 0 bridgehead atoms. The van der Waals surface area contributed by atoms with Gasteiger partial charge in [0.2, 0.25) is 0 Å². The van der Waals surface area contributed by atoms with Gasteiger partial charge in [-0.25, -0.2) is 14.4 Å². The molecule has 3 aromatic carbocycles. The topological polar surface area (TPSA) is 97.0 Å². The van der Waals surface area contributed by atoms with Crippen LogP contribution in [0.25, 0.3) is 0 Å². The molecular weight excluding hydrogens is 554 g/mol. The highest BCUT2D eigenvalue weighted by Gasteiger charge is 2.44. The van der Waals surface area contributed by atoms with Crippen LogP contribution in [0.2, 0.25) is 0 Å². The molecule has 3 aromatic rings. The van der Waals surface area contributed by atoms with Crippen molar-refractivity contribution in [3.05, 3.63) is 108 Å². The molecule has 8 nitrogen and oxygen atoms in total. The third-order valence-corrected chi connectivity index (χ3v) is 9.19. The Balaban J connectivity index is 1.09. The average molecular weight is 596 g/mol. The predicted octanol–water partition coefficient (Wildman–Crippen LogP) is 4.03. The fourth-order valence-electron chi connectivity index (χ4n) is 6.94. The number of nitrogens with zero attached hydrogens (tertiary/aromatic N) is 1. The molecule has 3 saturated heterocycles. The number of hydrogen-bond acceptors (Lipinski definition) is 8. The lowest BCUT2D eigenvalue weighted by atomic mass is 9.92. The predicted molar refractivity (Wildman–Crippen MR) is 166 cm³/mol. The van der Waals surface area contributed by atoms with Gasteiger partial charge in [0.05, 0.1) is 0 Å². The average Bonchev–Trinajstić information content (AvgIpc) is 3.79. The van der Waals surface area contributed by atoms with Crippen molar-refractivity contribution >= 4 is 17.9 Å². The molecule has 44 heavy (non-hydrogen) atoms. The summed E-state index contributed by atoms with van der Waals surface area (Å²) in [5.41, 5.74) is 3.51. The van der Waals surface area contributed by atoms with Crippen molar-refractivity contribution in [3.8, 4) is 0 Å². The molecule has 6 rings (SSSR count). The third kappa shape index (κ3) is 7.62. The van der Waals surface area contributed by atoms with Crippen molar-refractivity contribution < 1.29 is 24.0 Å². The molecule has 0 radical (unpaired) electrons. The van der Waals surface area contributed by atoms with E-state index in [-0.39, 0.29) is 17.9 Å². The molecule has 6 atom stereocenters. The van der Waals surface area contributed by atoms with Crippen LogP contribution in [0.5, 0.6) is 0 Å². The van der Waals surface area contributed by atoms with Gasteiger partial charge in [-0.1, -0.05) is 91.0 Å². The summed E-state index contributed by atoms with van der Waals surface area (Å²) in [6.07, 6.45) is 5.10. The molecule has 2 N–H and O–H groups in total. The van der Waals surface area contributed by atoms with Crippen LogP contribution in [-0.4, -0.2) is 60.2 Å². The number of benzene rings is 3. The summed E-state index contributed by atoms with van der Waals surface area (Å²) in [6, 6.07) is 28.7. The first-order valence-corrected chi connectivity index (χ1v) is 15.9. The number of carbonyl (C=O) groups excluding carboxylic acids is 3. The lowest BCUT2D eigenvalue weighted by Crippen LogP contribution is -2.46. The van der Waals surface area contributed by atoms with Crippen molar-refractivity contribution in [2.75, 3.05) is 13.1 Å². The van der Waals surface area contributed by atoms with Crippen LogP contribution in [0.15, 0.2) is 91.0 Å². The number of carbonyl (C=O) groups is 3. The smallest absolute Gasteiger partial charge is 0.342 e. The summed E-state index contributed by atoms with van der Waals surface area (Å²) in [7, 11) is 0. The number of rotatable bonds is 10. The minimum Gasteiger partial charge on any atom is -0.391 e. The molecular formula is C36H41N3O5. The van der Waals surface area contributed by atoms with Crippen molar-refractivity contribution in [2.45, 2.75) is 69.1 Å². The van der Waals surface area contributed by atoms with E-state index in [0.29, 0.717) is 25.9 Å². The number of ether oxygens (including phenoxy) is 1. The number of hydroxylamine groups is 2. The van der Waals surface area contributed by atoms with E-state index in [1.54, 1.807) is 0 Å². The van der Waals surface area contributed by atoms with Gasteiger partial charge in [0, 0.05) is 12.6 Å². The van der Waals surface area contributed by atoms with Gasteiger partial charge in [-0.15, -0.1) is 5.06 Å². The van der Waals surface area contributed by atoms with E-state index >= 15 is 0 Å². The number of esters is 2. The van der Waals surface area contributed by atoms with E-state index in [2.05, 4.69) is 34.9 Å². The summed E-state index contributed by atoms with van der Waals surface area (Å²) in [4.78, 5) is 46.0. The second-order valence-electron chi connectivity index (χ2n) is 12.4. The Morgan fingerprint density at radius 2 is 1.32 bits per heavy atom. The summed E-state index contributed by atoms with van der Waals surface area (Å²) in [6.45, 7) is 1.09. The largest absolute Gasteiger partial charge is 0.391 e. The SMILES string of the molecule is O=C(ON1CC(Cc2ccccc2)C[C@H]1C(=O)OC(=O)[C@H]1NCCC1Cc1ccccc1)[C@@H]1CCC(Cc2ccccc2)N1. The van der Waals surface area contributed by atoms with E-state index < -0.39 is 36.0 Å². The molecule has 0 saturated carbocycles. The minimum atomic E-state index is -0.841. The summed E-state index contributed by atoms with van der Waals surface area (Å²) < 4.78 is 5.52. The molecule has 3 heterocycles. The Hall–Kier alpha value is -3.85. The first-order valence-electron chi connectivity index (χ1n) is 15.9. The standard InChI is InChI=1S/C36H41N3O5/c40-34(31-17-16-30(38-31)22-27-14-8-3-9-15-27)44-39-24-28(20-25-10-4-1-5-11-25)23-32(39)35(41)43-36(42)33-29(18-19-37-33)21-26-12-6-2-7-13-26/h1-15,28-33,37-38H,16-24H2/t28?,29?,30?,31-,32-,33-/m0/s1. The van der Waals surface area contributed by atoms with Crippen molar-refractivity contribution in [3.63, 3.8) is 0 Å². The van der Waals surface area contributed by atoms with Crippen molar-refractivity contribution in [2.24, 2.45) is 11.8 Å². The Morgan fingerprint density at radius 1 is 0.705 bits per heavy atom. The van der Waals surface area contributed by atoms with Crippen LogP contribution in [-0.2, 0) is 43.2 Å². The van der Waals surface area contributed by atoms with Crippen LogP contribution in [0.1, 0.15) is 42.4 Å². The molecule has 3 aliphatic heterocycles. The van der Waals surface area contributed by atoms with Crippen LogP contribution < -0.4 is 10.6 Å². The Kier molecular flexibility index (Phi) is 9.80. The van der Waals surface area contributed by atoms with E-state index in [9.17, 15) is 14.4 Å². The van der Waals surface area contributed by atoms with Crippen molar-refractivity contribution in [1.29, 1.82) is 0 Å². The molecule has 230 valence electrons. The maximum Gasteiger partial charge on any atom is 0.342 e. The summed E-state index contributed by atoms with van der Waals surface area (Å²) in [5, 5.41) is 8.11. The molecule has 0 amide bonds. The lowest BCUT2D eigenvalue weighted by molar-refractivity contribution is -0.203. The fraction of sp³-hybridized carbons (Fsp3) is 0.417. The zero-order valence-corrected chi connectivity index (χ0v) is 25.0. The monoisotopic (exact) mass is 595 g/mol. The highest BCUT2D eigenvalue weighted by atomic mass is 16.7. The van der Waals surface area contributed by atoms with Gasteiger partial charge < -0.3 is 20.2 Å². The first-order chi connectivity index (χ1) is 21.5. The Labute approximate surface area is 259 Å². The quantitative estimate of drug-likeness (QED) is 0.268. The minimum absolute atomic E-state index is 0.0401. The molecule has 3 unspecified atom stereocenters. The lowest BCUT2D eigenvalue weighted by Gasteiger charge is -2.24. The maximum absolute atomic E-state index is 13.5. The zero-order valence-electron chi connectivity index (χ0n) is 25.0. The van der Waals surface area contributed by atoms with Crippen LogP contribution in [0, 0.1) is 11.8 Å². The van der Waals surface area contributed by atoms with E-state index in [1.807, 2.05) is 66.7 Å². The van der Waals surface area contributed by atoms with Gasteiger partial charge in [-0.05, 0) is 80.0 Å². The number of nitrogens with one attached hydrogen (secondary N) is 2. The van der Waals surface area contributed by atoms with Gasteiger partial charge in [0.15, 0.2) is 0 Å². The summed E-state index contributed by atoms with van der Waals surface area (Å²) in [5.74, 6) is -1.52. The summed E-state index contributed by atoms with van der Waals surface area (Å²) >= 11 is 0. The van der Waals surface area contributed by atoms with Gasteiger partial charge >= 0.3 is 17.9 Å². The van der Waals surface area contributed by atoms with Crippen LogP contribution in [0.4, 0.5) is 0 Å². The van der Waals surface area contributed by atoms with Gasteiger partial charge in [0.25, 0.3) is 0 Å². The molecule has 3 aliphatic rings. The normalized spacial score (nSPS) is 26.8. The van der Waals surface area contributed by atoms with Crippen LogP contribution in [0.3, 0.4) is 0 Å². The number of hydrogen-bond donors (Lipinski definition) is 2. The Bertz CT molecular complexity index is 1400. The Morgan fingerprint density at radius 3 is 1.98 bits per heavy atom. The highest BCUT2D eigenvalue weighted by Crippen LogP contribution is 2.30. The molecule has 3 fully saturated rings. The van der Waals surface area contributed by atoms with Gasteiger partial charge in [-0.2, -0.15) is 0 Å². The van der Waals surface area contributed by atoms with E-state index in [1.165, 1.54) is 10.6 Å². The third-order valence-electron chi connectivity index (χ3n) is 9.19. The van der Waals surface area contributed by atoms with E-state index in [0.717, 1.165) is 43.2 Å². The second-order valence-corrected chi connectivity index (χ2v) is 12.4. The molecule has 0 aromatic heterocycles. The fourth-order valence-corrected chi connectivity index (χ4v) is 6.94. The first kappa shape index (κ1) is 30.2. The highest BCUT2D eigenvalue weighted by molar-refractivity contribution is 5.91. The molecule has 8 heteroatoms. The molecule has 0 aliphatic carbocycles. The van der Waals surface area contributed by atoms with Gasteiger partial charge in [0.1, 0.15) is 18.1 Å².